The molecule has 2 rings (SSSR count). The van der Waals surface area contributed by atoms with Gasteiger partial charge in [0.15, 0.2) is 5.78 Å². The zero-order valence-electron chi connectivity index (χ0n) is 13.2. The largest absolute Gasteiger partial charge is 0.469 e. The minimum Gasteiger partial charge on any atom is -0.469 e. The van der Waals surface area contributed by atoms with Crippen LogP contribution in [-0.4, -0.2) is 24.8 Å². The number of carbonyl (C=O) groups is 3. The molecule has 0 aliphatic heterocycles. The van der Waals surface area contributed by atoms with Gasteiger partial charge in [-0.15, -0.1) is 0 Å². The van der Waals surface area contributed by atoms with Gasteiger partial charge in [-0.2, -0.15) is 0 Å². The number of ether oxygens (including phenoxy) is 1. The molecule has 3 N–H and O–H groups in total. The van der Waals surface area contributed by atoms with Crippen molar-refractivity contribution in [1.29, 1.82) is 0 Å². The number of esters is 1. The van der Waals surface area contributed by atoms with Gasteiger partial charge < -0.3 is 15.8 Å². The van der Waals surface area contributed by atoms with E-state index < -0.39 is 5.97 Å². The lowest BCUT2D eigenvalue weighted by molar-refractivity contribution is -0.141. The summed E-state index contributed by atoms with van der Waals surface area (Å²) in [5, 5.41) is 2.64. The third-order valence-corrected chi connectivity index (χ3v) is 3.38. The number of hydrogen-bond donors (Lipinski definition) is 2. The van der Waals surface area contributed by atoms with E-state index in [0.717, 1.165) is 0 Å². The summed E-state index contributed by atoms with van der Waals surface area (Å²) in [6.07, 6.45) is -0.0602. The van der Waals surface area contributed by atoms with Crippen LogP contribution in [0.1, 0.15) is 28.8 Å². The Morgan fingerprint density at radius 1 is 1.04 bits per heavy atom. The molecule has 0 fully saturated rings. The molecule has 0 radical (unpaired) electrons. The first-order valence-corrected chi connectivity index (χ1v) is 7.37. The van der Waals surface area contributed by atoms with Gasteiger partial charge in [-0.1, -0.05) is 30.3 Å². The Bertz CT molecular complexity index is 757. The number of ketones is 1. The number of benzene rings is 2. The maximum absolute atomic E-state index is 12.6. The molecule has 1 amide bonds. The molecule has 2 aromatic carbocycles. The summed E-state index contributed by atoms with van der Waals surface area (Å²) in [5.74, 6) is -1.10. The van der Waals surface area contributed by atoms with Gasteiger partial charge in [-0.05, 0) is 18.2 Å². The predicted octanol–water partition coefficient (Wildman–Crippen LogP) is 2.39. The maximum Gasteiger partial charge on any atom is 0.306 e. The van der Waals surface area contributed by atoms with Gasteiger partial charge in [0.05, 0.1) is 19.2 Å². The molecule has 24 heavy (non-hydrogen) atoms. The quantitative estimate of drug-likeness (QED) is 0.482. The standard InChI is InChI=1S/C18H18N2O4/c1-24-17(22)10-9-16(21)20-15-8-7-13(19)11-14(15)18(23)12-5-3-2-4-6-12/h2-8,11H,9-10,19H2,1H3,(H,20,21). The van der Waals surface area contributed by atoms with Crippen molar-refractivity contribution >= 4 is 29.0 Å². The topological polar surface area (TPSA) is 98.5 Å². The number of rotatable bonds is 6. The van der Waals surface area contributed by atoms with E-state index in [4.69, 9.17) is 5.73 Å². The van der Waals surface area contributed by atoms with Gasteiger partial charge in [-0.25, -0.2) is 0 Å². The van der Waals surface area contributed by atoms with Crippen LogP contribution in [0.3, 0.4) is 0 Å². The van der Waals surface area contributed by atoms with Crippen LogP contribution in [0.25, 0.3) is 0 Å². The van der Waals surface area contributed by atoms with Crippen LogP contribution in [0.15, 0.2) is 48.5 Å². The molecule has 0 heterocycles. The molecule has 2 aromatic rings. The van der Waals surface area contributed by atoms with E-state index in [2.05, 4.69) is 10.1 Å². The first-order valence-electron chi connectivity index (χ1n) is 7.37. The van der Waals surface area contributed by atoms with Gasteiger partial charge in [0.1, 0.15) is 0 Å². The fraction of sp³-hybridized carbons (Fsp3) is 0.167. The Hall–Kier alpha value is -3.15. The van der Waals surface area contributed by atoms with Crippen molar-refractivity contribution in [2.75, 3.05) is 18.2 Å². The van der Waals surface area contributed by atoms with E-state index in [1.165, 1.54) is 13.2 Å². The van der Waals surface area contributed by atoms with Crippen molar-refractivity contribution in [2.45, 2.75) is 12.8 Å². The lowest BCUT2D eigenvalue weighted by atomic mass is 10.0. The average Bonchev–Trinajstić information content (AvgIpc) is 2.61. The summed E-state index contributed by atoms with van der Waals surface area (Å²) in [4.78, 5) is 35.7. The predicted molar refractivity (Wildman–Crippen MR) is 90.6 cm³/mol. The second-order valence-corrected chi connectivity index (χ2v) is 5.12. The number of nitrogen functional groups attached to an aromatic ring is 1. The molecular weight excluding hydrogens is 308 g/mol. The molecule has 0 unspecified atom stereocenters. The average molecular weight is 326 g/mol. The molecule has 0 aliphatic carbocycles. The van der Waals surface area contributed by atoms with E-state index in [1.807, 2.05) is 6.07 Å². The van der Waals surface area contributed by atoms with Crippen LogP contribution in [0.2, 0.25) is 0 Å². The van der Waals surface area contributed by atoms with Crippen LogP contribution in [0, 0.1) is 0 Å². The van der Waals surface area contributed by atoms with E-state index in [9.17, 15) is 14.4 Å². The zero-order chi connectivity index (χ0) is 17.5. The Kier molecular flexibility index (Phi) is 5.68. The zero-order valence-corrected chi connectivity index (χ0v) is 13.2. The fourth-order valence-electron chi connectivity index (χ4n) is 2.13. The summed E-state index contributed by atoms with van der Waals surface area (Å²) in [5.41, 5.74) is 7.33. The Balaban J connectivity index is 2.20. The maximum atomic E-state index is 12.6. The van der Waals surface area contributed by atoms with E-state index >= 15 is 0 Å². The Morgan fingerprint density at radius 2 is 1.75 bits per heavy atom. The molecule has 6 nitrogen and oxygen atoms in total. The van der Waals surface area contributed by atoms with Crippen LogP contribution in [0.5, 0.6) is 0 Å². The monoisotopic (exact) mass is 326 g/mol. The highest BCUT2D eigenvalue weighted by molar-refractivity contribution is 6.14. The highest BCUT2D eigenvalue weighted by Crippen LogP contribution is 2.22. The van der Waals surface area contributed by atoms with Gasteiger partial charge in [0, 0.05) is 23.2 Å². The molecule has 0 aromatic heterocycles. The van der Waals surface area contributed by atoms with Crippen molar-refractivity contribution in [2.24, 2.45) is 0 Å². The van der Waals surface area contributed by atoms with Crippen molar-refractivity contribution in [1.82, 2.24) is 0 Å². The fourth-order valence-corrected chi connectivity index (χ4v) is 2.13. The molecule has 0 aliphatic rings. The molecule has 6 heteroatoms. The molecule has 0 atom stereocenters. The van der Waals surface area contributed by atoms with Crippen LogP contribution >= 0.6 is 0 Å². The number of carbonyl (C=O) groups excluding carboxylic acids is 3. The number of nitrogens with one attached hydrogen (secondary N) is 1. The molecule has 124 valence electrons. The van der Waals surface area contributed by atoms with Crippen LogP contribution in [-0.2, 0) is 14.3 Å². The van der Waals surface area contributed by atoms with E-state index in [0.29, 0.717) is 22.5 Å². The minimum atomic E-state index is -0.469. The minimum absolute atomic E-state index is 0.0285. The Morgan fingerprint density at radius 3 is 2.42 bits per heavy atom. The molecule has 0 spiro atoms. The molecule has 0 bridgehead atoms. The normalized spacial score (nSPS) is 10.0. The number of methoxy groups -OCH3 is 1. The van der Waals surface area contributed by atoms with Crippen LogP contribution < -0.4 is 11.1 Å². The van der Waals surface area contributed by atoms with E-state index in [1.54, 1.807) is 36.4 Å². The van der Waals surface area contributed by atoms with Gasteiger partial charge in [0.25, 0.3) is 0 Å². The van der Waals surface area contributed by atoms with Gasteiger partial charge in [-0.3, -0.25) is 14.4 Å². The first kappa shape index (κ1) is 17.2. The van der Waals surface area contributed by atoms with Crippen molar-refractivity contribution in [3.8, 4) is 0 Å². The smallest absolute Gasteiger partial charge is 0.306 e. The summed E-state index contributed by atoms with van der Waals surface area (Å²) in [6, 6.07) is 13.4. The number of anilines is 2. The summed E-state index contributed by atoms with van der Waals surface area (Å²) >= 11 is 0. The second kappa shape index (κ2) is 7.92. The third-order valence-electron chi connectivity index (χ3n) is 3.38. The number of amides is 1. The molecule has 0 saturated heterocycles. The summed E-state index contributed by atoms with van der Waals surface area (Å²) in [7, 11) is 1.26. The van der Waals surface area contributed by atoms with Gasteiger partial charge >= 0.3 is 5.97 Å². The van der Waals surface area contributed by atoms with Crippen molar-refractivity contribution in [3.63, 3.8) is 0 Å². The molecular formula is C18H18N2O4. The highest BCUT2D eigenvalue weighted by atomic mass is 16.5. The highest BCUT2D eigenvalue weighted by Gasteiger charge is 2.16. The van der Waals surface area contributed by atoms with E-state index in [-0.39, 0.29) is 24.5 Å². The molecule has 0 saturated carbocycles. The van der Waals surface area contributed by atoms with Crippen LogP contribution in [0.4, 0.5) is 11.4 Å². The second-order valence-electron chi connectivity index (χ2n) is 5.12. The lowest BCUT2D eigenvalue weighted by Gasteiger charge is -2.11. The first-order chi connectivity index (χ1) is 11.5. The third kappa shape index (κ3) is 4.42. The lowest BCUT2D eigenvalue weighted by Crippen LogP contribution is -2.16. The van der Waals surface area contributed by atoms with Crippen molar-refractivity contribution < 1.29 is 19.1 Å². The summed E-state index contributed by atoms with van der Waals surface area (Å²) < 4.78 is 4.50. The van der Waals surface area contributed by atoms with Crippen molar-refractivity contribution in [3.05, 3.63) is 59.7 Å². The summed E-state index contributed by atoms with van der Waals surface area (Å²) in [6.45, 7) is 0. The SMILES string of the molecule is COC(=O)CCC(=O)Nc1ccc(N)cc1C(=O)c1ccccc1. The van der Waals surface area contributed by atoms with Gasteiger partial charge in [0.2, 0.25) is 5.91 Å². The number of hydrogen-bond acceptors (Lipinski definition) is 5. The number of nitrogens with two attached hydrogens (primary N) is 1. The Labute approximate surface area is 139 Å².